The highest BCUT2D eigenvalue weighted by Gasteiger charge is 2.24. The number of aromatic nitrogens is 1. The molecule has 0 amide bonds. The van der Waals surface area contributed by atoms with Gasteiger partial charge < -0.3 is 5.32 Å². The highest BCUT2D eigenvalue weighted by atomic mass is 15.2. The van der Waals surface area contributed by atoms with E-state index in [1.807, 2.05) is 12.3 Å². The minimum atomic E-state index is 0.549. The molecule has 0 unspecified atom stereocenters. The second-order valence-electron chi connectivity index (χ2n) is 4.51. The lowest BCUT2D eigenvalue weighted by Gasteiger charge is -2.22. The van der Waals surface area contributed by atoms with E-state index in [1.165, 1.54) is 24.9 Å². The predicted molar refractivity (Wildman–Crippen MR) is 67.6 cm³/mol. The van der Waals surface area contributed by atoms with Crippen LogP contribution >= 0.6 is 0 Å². The second-order valence-corrected chi connectivity index (χ2v) is 4.51. The van der Waals surface area contributed by atoms with Crippen LogP contribution in [0.5, 0.6) is 0 Å². The maximum Gasteiger partial charge on any atom is 0.130 e. The Hall–Kier alpha value is -1.09. The van der Waals surface area contributed by atoms with Crippen molar-refractivity contribution >= 4 is 5.82 Å². The summed E-state index contributed by atoms with van der Waals surface area (Å²) in [6.07, 6.45) is 5.55. The van der Waals surface area contributed by atoms with Crippen molar-refractivity contribution in [1.29, 1.82) is 0 Å². The van der Waals surface area contributed by atoms with Gasteiger partial charge in [0.2, 0.25) is 0 Å². The Morgan fingerprint density at radius 1 is 1.56 bits per heavy atom. The summed E-state index contributed by atoms with van der Waals surface area (Å²) in [5, 5.41) is 3.42. The van der Waals surface area contributed by atoms with Crippen molar-refractivity contribution in [2.75, 3.05) is 25.5 Å². The first kappa shape index (κ1) is 11.4. The molecule has 0 radical (unpaired) electrons. The molecule has 1 atom stereocenters. The molecule has 1 N–H and O–H groups in total. The van der Waals surface area contributed by atoms with Gasteiger partial charge in [0, 0.05) is 24.3 Å². The Kier molecular flexibility index (Phi) is 3.78. The highest BCUT2D eigenvalue weighted by molar-refractivity contribution is 5.45. The molecule has 1 aromatic rings. The van der Waals surface area contributed by atoms with Gasteiger partial charge in [0.25, 0.3) is 0 Å². The van der Waals surface area contributed by atoms with Crippen LogP contribution in [0.25, 0.3) is 0 Å². The molecule has 1 aromatic heterocycles. The van der Waals surface area contributed by atoms with Crippen LogP contribution in [0.15, 0.2) is 18.3 Å². The fraction of sp³-hybridized carbons (Fsp3) is 0.615. The number of likely N-dealkylation sites (tertiary alicyclic amines) is 1. The molecule has 1 aliphatic heterocycles. The molecule has 3 nitrogen and oxygen atoms in total. The first-order valence-corrected chi connectivity index (χ1v) is 6.22. The zero-order chi connectivity index (χ0) is 11.4. The topological polar surface area (TPSA) is 28.2 Å². The quantitative estimate of drug-likeness (QED) is 0.844. The number of nitrogens with zero attached hydrogens (tertiary/aromatic N) is 2. The maximum absolute atomic E-state index is 4.46. The van der Waals surface area contributed by atoms with Crippen molar-refractivity contribution in [2.24, 2.45) is 0 Å². The summed E-state index contributed by atoms with van der Waals surface area (Å²) in [6.45, 7) is 4.38. The molecule has 0 bridgehead atoms. The van der Waals surface area contributed by atoms with Crippen LogP contribution in [0.3, 0.4) is 0 Å². The first-order chi connectivity index (χ1) is 7.83. The number of hydrogen-bond donors (Lipinski definition) is 1. The molecule has 0 spiro atoms. The number of anilines is 1. The third kappa shape index (κ3) is 2.35. The molecule has 1 aliphatic rings. The summed E-state index contributed by atoms with van der Waals surface area (Å²) in [5.41, 5.74) is 1.36. The van der Waals surface area contributed by atoms with Gasteiger partial charge >= 0.3 is 0 Å². The van der Waals surface area contributed by atoms with E-state index in [1.54, 1.807) is 0 Å². The minimum absolute atomic E-state index is 0.549. The number of nitrogens with one attached hydrogen (secondary N) is 1. The van der Waals surface area contributed by atoms with E-state index >= 15 is 0 Å². The molecule has 16 heavy (non-hydrogen) atoms. The van der Waals surface area contributed by atoms with Gasteiger partial charge in [-0.1, -0.05) is 13.0 Å². The van der Waals surface area contributed by atoms with Gasteiger partial charge in [0.05, 0.1) is 0 Å². The van der Waals surface area contributed by atoms with E-state index < -0.39 is 0 Å². The summed E-state index contributed by atoms with van der Waals surface area (Å²) >= 11 is 0. The predicted octanol–water partition coefficient (Wildman–Crippen LogP) is 2.67. The standard InChI is InChI=1S/C13H21N3/c1-3-8-14-13-11(6-4-9-15-13)12-7-5-10-16(12)2/h4,6,9,12H,3,5,7-8,10H2,1-2H3,(H,14,15)/t12-/m1/s1. The van der Waals surface area contributed by atoms with Crippen molar-refractivity contribution in [3.8, 4) is 0 Å². The third-order valence-corrected chi connectivity index (χ3v) is 3.26. The van der Waals surface area contributed by atoms with Crippen LogP contribution in [0.1, 0.15) is 37.8 Å². The summed E-state index contributed by atoms with van der Waals surface area (Å²) < 4.78 is 0. The van der Waals surface area contributed by atoms with Crippen LogP contribution < -0.4 is 5.32 Å². The lowest BCUT2D eigenvalue weighted by molar-refractivity contribution is 0.317. The van der Waals surface area contributed by atoms with Crippen molar-refractivity contribution < 1.29 is 0 Å². The van der Waals surface area contributed by atoms with E-state index in [2.05, 4.69) is 35.2 Å². The highest BCUT2D eigenvalue weighted by Crippen LogP contribution is 2.33. The summed E-state index contributed by atoms with van der Waals surface area (Å²) in [6, 6.07) is 4.80. The molecule has 0 aliphatic carbocycles. The van der Waals surface area contributed by atoms with Crippen molar-refractivity contribution in [2.45, 2.75) is 32.2 Å². The fourth-order valence-electron chi connectivity index (χ4n) is 2.38. The monoisotopic (exact) mass is 219 g/mol. The molecule has 2 rings (SSSR count). The van der Waals surface area contributed by atoms with Crippen molar-refractivity contribution in [3.63, 3.8) is 0 Å². The van der Waals surface area contributed by atoms with Crippen molar-refractivity contribution in [3.05, 3.63) is 23.9 Å². The molecule has 0 saturated carbocycles. The summed E-state index contributed by atoms with van der Waals surface area (Å²) in [5.74, 6) is 1.07. The molecular weight excluding hydrogens is 198 g/mol. The Morgan fingerprint density at radius 2 is 2.44 bits per heavy atom. The number of hydrogen-bond acceptors (Lipinski definition) is 3. The normalized spacial score (nSPS) is 21.2. The lowest BCUT2D eigenvalue weighted by Crippen LogP contribution is -2.19. The maximum atomic E-state index is 4.46. The third-order valence-electron chi connectivity index (χ3n) is 3.26. The van der Waals surface area contributed by atoms with Gasteiger partial charge in [0.1, 0.15) is 5.82 Å². The van der Waals surface area contributed by atoms with E-state index in [9.17, 15) is 0 Å². The van der Waals surface area contributed by atoms with Crippen LogP contribution in [0.4, 0.5) is 5.82 Å². The average Bonchev–Trinajstić information content (AvgIpc) is 2.73. The molecule has 1 saturated heterocycles. The Bertz CT molecular complexity index is 338. The molecular formula is C13H21N3. The Balaban J connectivity index is 2.18. The average molecular weight is 219 g/mol. The van der Waals surface area contributed by atoms with Gasteiger partial charge in [-0.25, -0.2) is 4.98 Å². The van der Waals surface area contributed by atoms with Crippen LogP contribution in [0.2, 0.25) is 0 Å². The number of rotatable bonds is 4. The number of pyridine rings is 1. The van der Waals surface area contributed by atoms with Gasteiger partial charge in [-0.05, 0) is 38.9 Å². The van der Waals surface area contributed by atoms with Crippen LogP contribution in [0, 0.1) is 0 Å². The Morgan fingerprint density at radius 3 is 3.12 bits per heavy atom. The zero-order valence-electron chi connectivity index (χ0n) is 10.2. The van der Waals surface area contributed by atoms with E-state index in [0.29, 0.717) is 6.04 Å². The van der Waals surface area contributed by atoms with Crippen LogP contribution in [-0.4, -0.2) is 30.0 Å². The van der Waals surface area contributed by atoms with Gasteiger partial charge in [-0.2, -0.15) is 0 Å². The lowest BCUT2D eigenvalue weighted by atomic mass is 10.1. The minimum Gasteiger partial charge on any atom is -0.370 e. The molecule has 2 heterocycles. The Labute approximate surface area is 97.9 Å². The van der Waals surface area contributed by atoms with Gasteiger partial charge in [0.15, 0.2) is 0 Å². The largest absolute Gasteiger partial charge is 0.370 e. The molecule has 1 fully saturated rings. The van der Waals surface area contributed by atoms with E-state index in [4.69, 9.17) is 0 Å². The first-order valence-electron chi connectivity index (χ1n) is 6.22. The molecule has 0 aromatic carbocycles. The fourth-order valence-corrected chi connectivity index (χ4v) is 2.38. The van der Waals surface area contributed by atoms with Gasteiger partial charge in [-0.15, -0.1) is 0 Å². The van der Waals surface area contributed by atoms with Gasteiger partial charge in [-0.3, -0.25) is 4.90 Å². The summed E-state index contributed by atoms with van der Waals surface area (Å²) in [7, 11) is 2.20. The molecule has 88 valence electrons. The van der Waals surface area contributed by atoms with Crippen molar-refractivity contribution in [1.82, 2.24) is 9.88 Å². The smallest absolute Gasteiger partial charge is 0.130 e. The van der Waals surface area contributed by atoms with Crippen LogP contribution in [-0.2, 0) is 0 Å². The van der Waals surface area contributed by atoms with E-state index in [-0.39, 0.29) is 0 Å². The SMILES string of the molecule is CCCNc1ncccc1[C@H]1CCCN1C. The summed E-state index contributed by atoms with van der Waals surface area (Å²) in [4.78, 5) is 6.88. The zero-order valence-corrected chi connectivity index (χ0v) is 10.2. The second kappa shape index (κ2) is 5.30. The van der Waals surface area contributed by atoms with E-state index in [0.717, 1.165) is 18.8 Å². The molecule has 3 heteroatoms.